The second-order valence-corrected chi connectivity index (χ2v) is 3.49. The molecule has 1 heterocycles. The molecule has 0 fully saturated rings. The maximum atomic E-state index is 12.5. The van der Waals surface area contributed by atoms with Crippen molar-refractivity contribution >= 4 is 5.82 Å². The van der Waals surface area contributed by atoms with Crippen molar-refractivity contribution in [3.63, 3.8) is 0 Å². The second kappa shape index (κ2) is 3.92. The van der Waals surface area contributed by atoms with Gasteiger partial charge in [0.15, 0.2) is 11.6 Å². The van der Waals surface area contributed by atoms with E-state index in [0.717, 1.165) is 5.56 Å². The van der Waals surface area contributed by atoms with Crippen LogP contribution in [0.15, 0.2) is 28.8 Å². The molecular weight excluding hydrogens is 214 g/mol. The molecule has 0 bridgehead atoms. The molecule has 2 N–H and O–H groups in total. The molecule has 84 valence electrons. The number of nitrogen functional groups attached to an aromatic ring is 1. The Morgan fingerprint density at radius 3 is 2.62 bits per heavy atom. The van der Waals surface area contributed by atoms with Gasteiger partial charge in [-0.05, 0) is 18.6 Å². The van der Waals surface area contributed by atoms with Crippen LogP contribution in [0.5, 0.6) is 0 Å². The number of hydrogen-bond acceptors (Lipinski definition) is 3. The van der Waals surface area contributed by atoms with Gasteiger partial charge in [0.2, 0.25) is 0 Å². The van der Waals surface area contributed by atoms with Crippen LogP contribution in [0.3, 0.4) is 0 Å². The van der Waals surface area contributed by atoms with Crippen LogP contribution < -0.4 is 5.73 Å². The third-order valence-electron chi connectivity index (χ3n) is 2.31. The van der Waals surface area contributed by atoms with Crippen LogP contribution in [0.1, 0.15) is 17.6 Å². The molecule has 0 spiro atoms. The van der Waals surface area contributed by atoms with Crippen molar-refractivity contribution in [1.29, 1.82) is 0 Å². The molecule has 3 nitrogen and oxygen atoms in total. The summed E-state index contributed by atoms with van der Waals surface area (Å²) in [6, 6.07) is 5.91. The van der Waals surface area contributed by atoms with Crippen molar-refractivity contribution < 1.29 is 13.3 Å². The van der Waals surface area contributed by atoms with E-state index < -0.39 is 6.43 Å². The predicted molar refractivity (Wildman–Crippen MR) is 56.0 cm³/mol. The average molecular weight is 224 g/mol. The number of rotatable bonds is 2. The highest BCUT2D eigenvalue weighted by Crippen LogP contribution is 2.29. The Bertz CT molecular complexity index is 508. The fourth-order valence-electron chi connectivity index (χ4n) is 1.46. The Morgan fingerprint density at radius 1 is 1.31 bits per heavy atom. The number of aromatic nitrogens is 1. The van der Waals surface area contributed by atoms with Gasteiger partial charge in [-0.25, -0.2) is 8.78 Å². The smallest absolute Gasteiger partial charge is 0.263 e. The van der Waals surface area contributed by atoms with Crippen molar-refractivity contribution in [3.8, 4) is 11.3 Å². The van der Waals surface area contributed by atoms with E-state index in [2.05, 4.69) is 5.16 Å². The molecule has 0 saturated carbocycles. The summed E-state index contributed by atoms with van der Waals surface area (Å²) in [4.78, 5) is 0. The number of alkyl halides is 2. The summed E-state index contributed by atoms with van der Waals surface area (Å²) < 4.78 is 30.0. The first-order valence-corrected chi connectivity index (χ1v) is 4.69. The highest BCUT2D eigenvalue weighted by atomic mass is 19.3. The minimum atomic E-state index is -2.50. The fourth-order valence-corrected chi connectivity index (χ4v) is 1.46. The van der Waals surface area contributed by atoms with E-state index in [1.54, 1.807) is 6.07 Å². The van der Waals surface area contributed by atoms with Gasteiger partial charge in [-0.15, -0.1) is 0 Å². The van der Waals surface area contributed by atoms with Crippen LogP contribution in [0.2, 0.25) is 0 Å². The quantitative estimate of drug-likeness (QED) is 0.852. The Labute approximate surface area is 90.9 Å². The summed E-state index contributed by atoms with van der Waals surface area (Å²) >= 11 is 0. The standard InChI is InChI=1S/C11H10F2N2O/c1-6-2-3-7(11(12)13)4-8(6)9-5-10(14)15-16-9/h2-5,11H,1H3,(H2,14,15). The predicted octanol–water partition coefficient (Wildman–Crippen LogP) is 3.17. The molecule has 0 amide bonds. The Hall–Kier alpha value is -1.91. The summed E-state index contributed by atoms with van der Waals surface area (Å²) in [7, 11) is 0. The zero-order valence-corrected chi connectivity index (χ0v) is 8.58. The van der Waals surface area contributed by atoms with Gasteiger partial charge in [-0.2, -0.15) is 0 Å². The molecular formula is C11H10F2N2O. The Balaban J connectivity index is 2.51. The third-order valence-corrected chi connectivity index (χ3v) is 2.31. The number of benzene rings is 1. The van der Waals surface area contributed by atoms with Gasteiger partial charge in [0.1, 0.15) is 0 Å². The monoisotopic (exact) mass is 224 g/mol. The Morgan fingerprint density at radius 2 is 2.06 bits per heavy atom. The van der Waals surface area contributed by atoms with Gasteiger partial charge in [0, 0.05) is 17.2 Å². The van der Waals surface area contributed by atoms with Crippen molar-refractivity contribution in [2.24, 2.45) is 0 Å². The summed E-state index contributed by atoms with van der Waals surface area (Å²) in [5.41, 5.74) is 6.78. The van der Waals surface area contributed by atoms with Crippen LogP contribution in [0, 0.1) is 6.92 Å². The number of halogens is 2. The minimum Gasteiger partial charge on any atom is -0.381 e. The molecule has 0 saturated heterocycles. The van der Waals surface area contributed by atoms with Crippen molar-refractivity contribution in [2.75, 3.05) is 5.73 Å². The van der Waals surface area contributed by atoms with Crippen molar-refractivity contribution in [1.82, 2.24) is 5.16 Å². The van der Waals surface area contributed by atoms with Crippen LogP contribution >= 0.6 is 0 Å². The number of nitrogens with two attached hydrogens (primary N) is 1. The van der Waals surface area contributed by atoms with Gasteiger partial charge >= 0.3 is 0 Å². The molecule has 2 rings (SSSR count). The van der Waals surface area contributed by atoms with Crippen LogP contribution in [-0.4, -0.2) is 5.16 Å². The lowest BCUT2D eigenvalue weighted by Crippen LogP contribution is -1.88. The summed E-state index contributed by atoms with van der Waals surface area (Å²) in [6.45, 7) is 1.81. The van der Waals surface area contributed by atoms with E-state index in [1.807, 2.05) is 6.92 Å². The minimum absolute atomic E-state index is 0.0458. The molecule has 0 aliphatic carbocycles. The lowest BCUT2D eigenvalue weighted by atomic mass is 10.0. The van der Waals surface area contributed by atoms with Gasteiger partial charge in [-0.1, -0.05) is 17.3 Å². The highest BCUT2D eigenvalue weighted by Gasteiger charge is 2.13. The molecule has 2 aromatic rings. The lowest BCUT2D eigenvalue weighted by Gasteiger charge is -2.05. The summed E-state index contributed by atoms with van der Waals surface area (Å²) in [5.74, 6) is 0.634. The zero-order valence-electron chi connectivity index (χ0n) is 8.58. The van der Waals surface area contributed by atoms with Crippen LogP contribution in [0.25, 0.3) is 11.3 Å². The van der Waals surface area contributed by atoms with E-state index in [1.165, 1.54) is 18.2 Å². The molecule has 0 aliphatic heterocycles. The van der Waals surface area contributed by atoms with Crippen molar-refractivity contribution in [2.45, 2.75) is 13.3 Å². The summed E-state index contributed by atoms with van der Waals surface area (Å²) in [6.07, 6.45) is -2.50. The van der Waals surface area contributed by atoms with Gasteiger partial charge < -0.3 is 10.3 Å². The van der Waals surface area contributed by atoms with Crippen LogP contribution in [0.4, 0.5) is 14.6 Å². The van der Waals surface area contributed by atoms with Crippen molar-refractivity contribution in [3.05, 3.63) is 35.4 Å². The topological polar surface area (TPSA) is 52.0 Å². The SMILES string of the molecule is Cc1ccc(C(F)F)cc1-c1cc(N)no1. The molecule has 5 heteroatoms. The molecule has 0 unspecified atom stereocenters. The highest BCUT2D eigenvalue weighted by molar-refractivity contribution is 5.64. The Kier molecular flexibility index (Phi) is 2.60. The zero-order chi connectivity index (χ0) is 11.7. The normalized spacial score (nSPS) is 11.0. The fraction of sp³-hybridized carbons (Fsp3) is 0.182. The number of hydrogen-bond donors (Lipinski definition) is 1. The van der Waals surface area contributed by atoms with E-state index in [-0.39, 0.29) is 11.4 Å². The first-order chi connectivity index (χ1) is 7.58. The van der Waals surface area contributed by atoms with E-state index in [9.17, 15) is 8.78 Å². The van der Waals surface area contributed by atoms with E-state index in [0.29, 0.717) is 11.3 Å². The first kappa shape index (κ1) is 10.6. The van der Waals surface area contributed by atoms with Gasteiger partial charge in [0.05, 0.1) is 0 Å². The van der Waals surface area contributed by atoms with Crippen LogP contribution in [-0.2, 0) is 0 Å². The van der Waals surface area contributed by atoms with E-state index in [4.69, 9.17) is 10.3 Å². The lowest BCUT2D eigenvalue weighted by molar-refractivity contribution is 0.151. The number of nitrogens with zero attached hydrogens (tertiary/aromatic N) is 1. The molecule has 1 aromatic heterocycles. The maximum Gasteiger partial charge on any atom is 0.263 e. The molecule has 1 aromatic carbocycles. The second-order valence-electron chi connectivity index (χ2n) is 3.49. The number of anilines is 1. The maximum absolute atomic E-state index is 12.5. The van der Waals surface area contributed by atoms with Gasteiger partial charge in [-0.3, -0.25) is 0 Å². The molecule has 0 atom stereocenters. The summed E-state index contributed by atoms with van der Waals surface area (Å²) in [5, 5.41) is 3.52. The first-order valence-electron chi connectivity index (χ1n) is 4.69. The molecule has 0 radical (unpaired) electrons. The van der Waals surface area contributed by atoms with Gasteiger partial charge in [0.25, 0.3) is 6.43 Å². The average Bonchev–Trinajstić information content (AvgIpc) is 2.65. The third kappa shape index (κ3) is 1.88. The molecule has 0 aliphatic rings. The molecule has 16 heavy (non-hydrogen) atoms. The largest absolute Gasteiger partial charge is 0.381 e. The number of aryl methyl sites for hydroxylation is 1. The van der Waals surface area contributed by atoms with E-state index >= 15 is 0 Å².